The van der Waals surface area contributed by atoms with E-state index in [0.717, 1.165) is 6.04 Å². The molecule has 0 bridgehead atoms. The van der Waals surface area contributed by atoms with Crippen LogP contribution in [0.4, 0.5) is 0 Å². The number of rotatable bonds is 16. The van der Waals surface area contributed by atoms with Crippen molar-refractivity contribution in [3.8, 4) is 0 Å². The summed E-state index contributed by atoms with van der Waals surface area (Å²) in [6.07, 6.45) is 17.1. The quantitative estimate of drug-likeness (QED) is 0.349. The summed E-state index contributed by atoms with van der Waals surface area (Å²) in [6, 6.07) is 0.737. The molecule has 1 nitrogen and oxygen atoms in total. The summed E-state index contributed by atoms with van der Waals surface area (Å²) in [6.45, 7) is 4.56. The number of thioether (sulfide) groups is 1. The van der Waals surface area contributed by atoms with Crippen LogP contribution in [0.1, 0.15) is 90.9 Å². The molecule has 1 unspecified atom stereocenters. The van der Waals surface area contributed by atoms with Crippen LogP contribution in [0.3, 0.4) is 0 Å². The van der Waals surface area contributed by atoms with Gasteiger partial charge in [-0.2, -0.15) is 11.8 Å². The summed E-state index contributed by atoms with van der Waals surface area (Å²) in [7, 11) is 2.12. The molecule has 0 saturated heterocycles. The van der Waals surface area contributed by atoms with Crippen LogP contribution in [-0.4, -0.2) is 24.6 Å². The standard InChI is InChI=1S/C18H39NS/c1-4-6-7-8-9-10-11-12-13-14-15-18(19-3)17-20-16-5-2/h18-19H,4-17H2,1-3H3. The highest BCUT2D eigenvalue weighted by atomic mass is 32.2. The van der Waals surface area contributed by atoms with Crippen LogP contribution in [0, 0.1) is 0 Å². The van der Waals surface area contributed by atoms with Gasteiger partial charge in [0.05, 0.1) is 0 Å². The largest absolute Gasteiger partial charge is 0.316 e. The molecule has 0 saturated carbocycles. The molecule has 0 amide bonds. The molecule has 0 heterocycles. The van der Waals surface area contributed by atoms with Crippen molar-refractivity contribution in [3.05, 3.63) is 0 Å². The Morgan fingerprint density at radius 2 is 1.30 bits per heavy atom. The minimum Gasteiger partial charge on any atom is -0.316 e. The van der Waals surface area contributed by atoms with Crippen molar-refractivity contribution in [3.63, 3.8) is 0 Å². The van der Waals surface area contributed by atoms with Gasteiger partial charge in [0.2, 0.25) is 0 Å². The Hall–Kier alpha value is 0.310. The zero-order valence-electron chi connectivity index (χ0n) is 14.4. The van der Waals surface area contributed by atoms with E-state index in [9.17, 15) is 0 Å². The van der Waals surface area contributed by atoms with E-state index < -0.39 is 0 Å². The van der Waals surface area contributed by atoms with E-state index in [4.69, 9.17) is 0 Å². The van der Waals surface area contributed by atoms with Gasteiger partial charge in [0.15, 0.2) is 0 Å². The van der Waals surface area contributed by atoms with Crippen LogP contribution in [0.15, 0.2) is 0 Å². The van der Waals surface area contributed by atoms with Crippen molar-refractivity contribution in [2.45, 2.75) is 96.9 Å². The Balaban J connectivity index is 3.20. The lowest BCUT2D eigenvalue weighted by atomic mass is 10.0. The van der Waals surface area contributed by atoms with Gasteiger partial charge in [0, 0.05) is 11.8 Å². The molecule has 0 aromatic heterocycles. The van der Waals surface area contributed by atoms with Gasteiger partial charge in [0.25, 0.3) is 0 Å². The summed E-state index contributed by atoms with van der Waals surface area (Å²) in [5, 5.41) is 3.47. The lowest BCUT2D eigenvalue weighted by Crippen LogP contribution is -2.27. The first-order chi connectivity index (χ1) is 9.85. The molecule has 0 fully saturated rings. The maximum atomic E-state index is 3.47. The molecule has 20 heavy (non-hydrogen) atoms. The molecule has 0 spiro atoms. The number of nitrogens with one attached hydrogen (secondary N) is 1. The Morgan fingerprint density at radius 3 is 1.80 bits per heavy atom. The molecule has 2 heteroatoms. The zero-order valence-corrected chi connectivity index (χ0v) is 15.2. The molecule has 0 aliphatic rings. The number of hydrogen-bond donors (Lipinski definition) is 1. The minimum absolute atomic E-state index is 0.737. The van der Waals surface area contributed by atoms with E-state index in [1.807, 2.05) is 0 Å². The fourth-order valence-corrected chi connectivity index (χ4v) is 3.63. The Bertz CT molecular complexity index is 173. The second kappa shape index (κ2) is 17.4. The average molecular weight is 302 g/mol. The molecule has 0 aromatic carbocycles. The average Bonchev–Trinajstić information content (AvgIpc) is 2.47. The zero-order chi connectivity index (χ0) is 14.9. The monoisotopic (exact) mass is 301 g/mol. The van der Waals surface area contributed by atoms with E-state index in [1.54, 1.807) is 0 Å². The first-order valence-corrected chi connectivity index (χ1v) is 10.3. The molecule has 0 radical (unpaired) electrons. The topological polar surface area (TPSA) is 12.0 Å². The van der Waals surface area contributed by atoms with Crippen molar-refractivity contribution in [1.29, 1.82) is 0 Å². The van der Waals surface area contributed by atoms with E-state index in [2.05, 4.69) is 38.0 Å². The van der Waals surface area contributed by atoms with Gasteiger partial charge in [-0.15, -0.1) is 0 Å². The van der Waals surface area contributed by atoms with Gasteiger partial charge in [-0.05, 0) is 25.6 Å². The summed E-state index contributed by atoms with van der Waals surface area (Å²) in [4.78, 5) is 0. The molecule has 1 atom stereocenters. The van der Waals surface area contributed by atoms with Crippen LogP contribution in [0.25, 0.3) is 0 Å². The van der Waals surface area contributed by atoms with E-state index in [-0.39, 0.29) is 0 Å². The van der Waals surface area contributed by atoms with Crippen molar-refractivity contribution in [1.82, 2.24) is 5.32 Å². The fraction of sp³-hybridized carbons (Fsp3) is 1.00. The van der Waals surface area contributed by atoms with Gasteiger partial charge < -0.3 is 5.32 Å². The summed E-state index contributed by atoms with van der Waals surface area (Å²) in [5.74, 6) is 2.61. The van der Waals surface area contributed by atoms with Gasteiger partial charge in [-0.1, -0.05) is 78.1 Å². The van der Waals surface area contributed by atoms with Crippen LogP contribution in [0.5, 0.6) is 0 Å². The molecule has 122 valence electrons. The highest BCUT2D eigenvalue weighted by Gasteiger charge is 2.05. The minimum atomic E-state index is 0.737. The molecule has 0 rings (SSSR count). The highest BCUT2D eigenvalue weighted by Crippen LogP contribution is 2.13. The molecule has 0 aliphatic carbocycles. The predicted molar refractivity (Wildman–Crippen MR) is 96.9 cm³/mol. The maximum Gasteiger partial charge on any atom is 0.0155 e. The van der Waals surface area contributed by atoms with Crippen molar-refractivity contribution < 1.29 is 0 Å². The third kappa shape index (κ3) is 14.7. The molecular formula is C18H39NS. The van der Waals surface area contributed by atoms with Gasteiger partial charge in [-0.3, -0.25) is 0 Å². The predicted octanol–water partition coefficient (Wildman–Crippen LogP) is 6.03. The first kappa shape index (κ1) is 20.3. The highest BCUT2D eigenvalue weighted by molar-refractivity contribution is 7.99. The van der Waals surface area contributed by atoms with Crippen LogP contribution in [0.2, 0.25) is 0 Å². The van der Waals surface area contributed by atoms with E-state index >= 15 is 0 Å². The number of hydrogen-bond acceptors (Lipinski definition) is 2. The Morgan fingerprint density at radius 1 is 0.750 bits per heavy atom. The van der Waals surface area contributed by atoms with E-state index in [0.29, 0.717) is 0 Å². The lowest BCUT2D eigenvalue weighted by molar-refractivity contribution is 0.506. The first-order valence-electron chi connectivity index (χ1n) is 9.10. The second-order valence-corrected chi connectivity index (χ2v) is 7.18. The van der Waals surface area contributed by atoms with Gasteiger partial charge in [-0.25, -0.2) is 0 Å². The third-order valence-corrected chi connectivity index (χ3v) is 5.32. The van der Waals surface area contributed by atoms with Gasteiger partial charge in [0.1, 0.15) is 0 Å². The smallest absolute Gasteiger partial charge is 0.0155 e. The van der Waals surface area contributed by atoms with Crippen LogP contribution in [-0.2, 0) is 0 Å². The number of unbranched alkanes of at least 4 members (excludes halogenated alkanes) is 9. The van der Waals surface area contributed by atoms with Crippen LogP contribution >= 0.6 is 11.8 Å². The van der Waals surface area contributed by atoms with Crippen molar-refractivity contribution in [2.24, 2.45) is 0 Å². The second-order valence-electron chi connectivity index (χ2n) is 6.03. The normalized spacial score (nSPS) is 12.8. The molecule has 0 aliphatic heterocycles. The molecular weight excluding hydrogens is 262 g/mol. The summed E-state index contributed by atoms with van der Waals surface area (Å²) >= 11 is 2.10. The lowest BCUT2D eigenvalue weighted by Gasteiger charge is -2.15. The van der Waals surface area contributed by atoms with E-state index in [1.165, 1.54) is 88.6 Å². The van der Waals surface area contributed by atoms with Crippen molar-refractivity contribution >= 4 is 11.8 Å². The molecule has 0 aromatic rings. The molecule has 1 N–H and O–H groups in total. The van der Waals surface area contributed by atoms with Crippen LogP contribution < -0.4 is 5.32 Å². The summed E-state index contributed by atoms with van der Waals surface area (Å²) < 4.78 is 0. The SMILES string of the molecule is CCCCCCCCCCCCC(CSCCC)NC. The third-order valence-electron chi connectivity index (χ3n) is 3.98. The maximum absolute atomic E-state index is 3.47. The van der Waals surface area contributed by atoms with Gasteiger partial charge >= 0.3 is 0 Å². The Kier molecular flexibility index (Phi) is 17.6. The Labute approximate surface area is 133 Å². The summed E-state index contributed by atoms with van der Waals surface area (Å²) in [5.41, 5.74) is 0. The van der Waals surface area contributed by atoms with Crippen molar-refractivity contribution in [2.75, 3.05) is 18.6 Å². The fourth-order valence-electron chi connectivity index (χ4n) is 2.56.